The van der Waals surface area contributed by atoms with Gasteiger partial charge in [-0.1, -0.05) is 35.9 Å². The van der Waals surface area contributed by atoms with Crippen molar-refractivity contribution in [3.8, 4) is 17.0 Å². The average Bonchev–Trinajstić information content (AvgIpc) is 3.35. The number of nitrogens with zero attached hydrogens (tertiary/aromatic N) is 2. The molecule has 0 unspecified atom stereocenters. The minimum absolute atomic E-state index is 0.0888. The number of aliphatic hydroxyl groups excluding tert-OH is 1. The Kier molecular flexibility index (Phi) is 6.50. The molecule has 2 aromatic carbocycles. The number of carboxylic acid groups (broad SMARTS) is 1. The fourth-order valence-corrected chi connectivity index (χ4v) is 4.24. The minimum atomic E-state index is -1.05. The Bertz CT molecular complexity index is 1110. The van der Waals surface area contributed by atoms with Gasteiger partial charge in [-0.3, -0.25) is 9.69 Å². The SMILES string of the molecule is Cc1ccc(-c2csc(NC(=O)CN3C[C@@H](O)[C@H](Oc4cccc(C(=O)O)c4)C3)n2)cc1. The van der Waals surface area contributed by atoms with Crippen LogP contribution in [0.2, 0.25) is 0 Å². The number of carboxylic acids is 1. The van der Waals surface area contributed by atoms with Gasteiger partial charge in [0.1, 0.15) is 18.0 Å². The molecule has 32 heavy (non-hydrogen) atoms. The maximum Gasteiger partial charge on any atom is 0.335 e. The third kappa shape index (κ3) is 5.31. The average molecular weight is 454 g/mol. The number of aromatic carboxylic acids is 1. The van der Waals surface area contributed by atoms with Crippen LogP contribution in [0.4, 0.5) is 5.13 Å². The molecule has 0 bridgehead atoms. The van der Waals surface area contributed by atoms with E-state index in [1.54, 1.807) is 17.0 Å². The molecular formula is C23H23N3O5S. The molecule has 1 aromatic heterocycles. The summed E-state index contributed by atoms with van der Waals surface area (Å²) >= 11 is 1.36. The largest absolute Gasteiger partial charge is 0.486 e. The van der Waals surface area contributed by atoms with E-state index < -0.39 is 18.2 Å². The van der Waals surface area contributed by atoms with Gasteiger partial charge < -0.3 is 20.3 Å². The van der Waals surface area contributed by atoms with Crippen LogP contribution in [0.3, 0.4) is 0 Å². The molecule has 2 heterocycles. The number of aliphatic hydroxyl groups is 1. The number of carbonyl (C=O) groups is 2. The number of β-amino-alcohol motifs (C(OH)–C–C–N with tert-alkyl or cyclic N) is 1. The summed E-state index contributed by atoms with van der Waals surface area (Å²) in [5.41, 5.74) is 3.07. The monoisotopic (exact) mass is 453 g/mol. The van der Waals surface area contributed by atoms with Crippen LogP contribution in [0.5, 0.6) is 5.75 Å². The number of likely N-dealkylation sites (tertiary alicyclic amines) is 1. The van der Waals surface area contributed by atoms with Gasteiger partial charge in [0.05, 0.1) is 17.8 Å². The van der Waals surface area contributed by atoms with Gasteiger partial charge in [-0.2, -0.15) is 0 Å². The zero-order valence-corrected chi connectivity index (χ0v) is 18.2. The molecule has 0 saturated carbocycles. The van der Waals surface area contributed by atoms with Crippen LogP contribution in [-0.2, 0) is 4.79 Å². The maximum atomic E-state index is 12.5. The van der Waals surface area contributed by atoms with Gasteiger partial charge in [0.25, 0.3) is 0 Å². The first kappa shape index (κ1) is 21.9. The first-order chi connectivity index (χ1) is 15.4. The second-order valence-electron chi connectivity index (χ2n) is 7.70. The van der Waals surface area contributed by atoms with Crippen molar-refractivity contribution < 1.29 is 24.5 Å². The number of thiazole rings is 1. The fourth-order valence-electron chi connectivity index (χ4n) is 3.50. The lowest BCUT2D eigenvalue weighted by molar-refractivity contribution is -0.117. The summed E-state index contributed by atoms with van der Waals surface area (Å²) in [7, 11) is 0. The van der Waals surface area contributed by atoms with Gasteiger partial charge in [-0.15, -0.1) is 11.3 Å². The fraction of sp³-hybridized carbons (Fsp3) is 0.261. The molecule has 9 heteroatoms. The van der Waals surface area contributed by atoms with Crippen molar-refractivity contribution in [2.45, 2.75) is 19.1 Å². The number of rotatable bonds is 7. The second-order valence-corrected chi connectivity index (χ2v) is 8.56. The Morgan fingerprint density at radius 3 is 2.75 bits per heavy atom. The number of aryl methyl sites for hydroxylation is 1. The van der Waals surface area contributed by atoms with Crippen molar-refractivity contribution in [1.82, 2.24) is 9.88 Å². The molecule has 1 saturated heterocycles. The zero-order valence-electron chi connectivity index (χ0n) is 17.4. The van der Waals surface area contributed by atoms with Crippen molar-refractivity contribution in [2.75, 3.05) is 25.0 Å². The lowest BCUT2D eigenvalue weighted by atomic mass is 10.1. The Morgan fingerprint density at radius 2 is 2.00 bits per heavy atom. The van der Waals surface area contributed by atoms with E-state index in [0.29, 0.717) is 17.4 Å². The van der Waals surface area contributed by atoms with Crippen molar-refractivity contribution in [2.24, 2.45) is 0 Å². The molecule has 1 aliphatic heterocycles. The number of benzene rings is 2. The summed E-state index contributed by atoms with van der Waals surface area (Å²) in [6.07, 6.45) is -1.34. The first-order valence-corrected chi connectivity index (χ1v) is 11.0. The van der Waals surface area contributed by atoms with E-state index in [2.05, 4.69) is 10.3 Å². The molecule has 3 aromatic rings. The summed E-state index contributed by atoms with van der Waals surface area (Å²) in [6.45, 7) is 2.74. The molecule has 166 valence electrons. The predicted octanol–water partition coefficient (Wildman–Crippen LogP) is 2.88. The third-order valence-electron chi connectivity index (χ3n) is 5.15. The number of hydrogen-bond donors (Lipinski definition) is 3. The third-order valence-corrected chi connectivity index (χ3v) is 5.90. The lowest BCUT2D eigenvalue weighted by Crippen LogP contribution is -2.33. The van der Waals surface area contributed by atoms with E-state index in [4.69, 9.17) is 9.84 Å². The molecule has 1 amide bonds. The van der Waals surface area contributed by atoms with Gasteiger partial charge in [-0.05, 0) is 25.1 Å². The number of carbonyl (C=O) groups excluding carboxylic acids is 1. The van der Waals surface area contributed by atoms with Gasteiger partial charge in [-0.25, -0.2) is 9.78 Å². The van der Waals surface area contributed by atoms with Crippen LogP contribution >= 0.6 is 11.3 Å². The van der Waals surface area contributed by atoms with E-state index in [1.807, 2.05) is 36.6 Å². The molecule has 0 radical (unpaired) electrons. The summed E-state index contributed by atoms with van der Waals surface area (Å²) < 4.78 is 5.77. The Morgan fingerprint density at radius 1 is 1.22 bits per heavy atom. The van der Waals surface area contributed by atoms with Crippen molar-refractivity contribution in [1.29, 1.82) is 0 Å². The van der Waals surface area contributed by atoms with Crippen molar-refractivity contribution >= 4 is 28.3 Å². The molecule has 8 nitrogen and oxygen atoms in total. The first-order valence-electron chi connectivity index (χ1n) is 10.1. The number of aromatic nitrogens is 1. The minimum Gasteiger partial charge on any atom is -0.486 e. The summed E-state index contributed by atoms with van der Waals surface area (Å²) in [5.74, 6) is -0.907. The van der Waals surface area contributed by atoms with Gasteiger partial charge in [0.15, 0.2) is 5.13 Å². The summed E-state index contributed by atoms with van der Waals surface area (Å²) in [4.78, 5) is 29.9. The number of ether oxygens (including phenoxy) is 1. The summed E-state index contributed by atoms with van der Waals surface area (Å²) in [5, 5.41) is 24.6. The Labute approximate surface area is 189 Å². The van der Waals surface area contributed by atoms with Crippen molar-refractivity contribution in [3.05, 3.63) is 65.0 Å². The highest BCUT2D eigenvalue weighted by Gasteiger charge is 2.34. The maximum absolute atomic E-state index is 12.5. The van der Waals surface area contributed by atoms with E-state index in [0.717, 1.165) is 11.3 Å². The second kappa shape index (κ2) is 9.47. The van der Waals surface area contributed by atoms with Gasteiger partial charge in [0, 0.05) is 24.0 Å². The number of anilines is 1. The molecule has 1 fully saturated rings. The molecule has 0 spiro atoms. The molecule has 3 N–H and O–H groups in total. The van der Waals surface area contributed by atoms with Gasteiger partial charge >= 0.3 is 5.97 Å². The van der Waals surface area contributed by atoms with E-state index in [9.17, 15) is 14.7 Å². The van der Waals surface area contributed by atoms with Crippen LogP contribution < -0.4 is 10.1 Å². The molecule has 4 rings (SSSR count). The van der Waals surface area contributed by atoms with Crippen LogP contribution in [0.1, 0.15) is 15.9 Å². The Balaban J connectivity index is 1.31. The molecule has 1 aliphatic rings. The standard InChI is InChI=1S/C23H23N3O5S/c1-14-5-7-15(8-6-14)18-13-32-23(24-18)25-21(28)12-26-10-19(27)20(11-26)31-17-4-2-3-16(9-17)22(29)30/h2-9,13,19-20,27H,10-12H2,1H3,(H,29,30)(H,24,25,28)/t19-,20-/m1/s1. The number of nitrogens with one attached hydrogen (secondary N) is 1. The van der Waals surface area contributed by atoms with Crippen LogP contribution in [0.25, 0.3) is 11.3 Å². The van der Waals surface area contributed by atoms with Crippen LogP contribution in [0, 0.1) is 6.92 Å². The van der Waals surface area contributed by atoms with Crippen LogP contribution in [-0.4, -0.2) is 63.8 Å². The van der Waals surface area contributed by atoms with Crippen LogP contribution in [0.15, 0.2) is 53.9 Å². The van der Waals surface area contributed by atoms with Crippen molar-refractivity contribution in [3.63, 3.8) is 0 Å². The number of hydrogen-bond acceptors (Lipinski definition) is 7. The molecule has 0 aliphatic carbocycles. The van der Waals surface area contributed by atoms with Gasteiger partial charge in [0.2, 0.25) is 5.91 Å². The smallest absolute Gasteiger partial charge is 0.335 e. The molecule has 2 atom stereocenters. The Hall–Kier alpha value is -3.27. The van der Waals surface area contributed by atoms with E-state index in [-0.39, 0.29) is 24.6 Å². The van der Waals surface area contributed by atoms with E-state index in [1.165, 1.54) is 29.0 Å². The highest BCUT2D eigenvalue weighted by molar-refractivity contribution is 7.14. The highest BCUT2D eigenvalue weighted by Crippen LogP contribution is 2.25. The van der Waals surface area contributed by atoms with E-state index >= 15 is 0 Å². The summed E-state index contributed by atoms with van der Waals surface area (Å²) in [6, 6.07) is 14.1. The quantitative estimate of drug-likeness (QED) is 0.504. The highest BCUT2D eigenvalue weighted by atomic mass is 32.1. The normalized spacial score (nSPS) is 18.4. The topological polar surface area (TPSA) is 112 Å². The molecular weight excluding hydrogens is 430 g/mol. The predicted molar refractivity (Wildman–Crippen MR) is 121 cm³/mol. The zero-order chi connectivity index (χ0) is 22.7. The lowest BCUT2D eigenvalue weighted by Gasteiger charge is -2.17. The number of amides is 1.